The van der Waals surface area contributed by atoms with Gasteiger partial charge in [-0.25, -0.2) is 8.42 Å². The van der Waals surface area contributed by atoms with Crippen LogP contribution in [0.4, 0.5) is 0 Å². The molecule has 2 atom stereocenters. The number of rotatable bonds is 3. The van der Waals surface area contributed by atoms with Crippen molar-refractivity contribution in [2.45, 2.75) is 11.8 Å². The lowest BCUT2D eigenvalue weighted by Crippen LogP contribution is -2.11. The SMILES string of the molecule is COc1cccc(Cl)c1C(Cl)C1CCS(=O)(=O)C1. The first-order valence-electron chi connectivity index (χ1n) is 5.61. The molecule has 1 fully saturated rings. The molecule has 2 unspecified atom stereocenters. The Morgan fingerprint density at radius 2 is 2.17 bits per heavy atom. The Kier molecular flexibility index (Phi) is 4.09. The van der Waals surface area contributed by atoms with E-state index in [0.717, 1.165) is 0 Å². The summed E-state index contributed by atoms with van der Waals surface area (Å²) in [5, 5.41) is 0.0737. The molecule has 0 aromatic heterocycles. The van der Waals surface area contributed by atoms with Crippen LogP contribution in [0.2, 0.25) is 5.02 Å². The van der Waals surface area contributed by atoms with E-state index >= 15 is 0 Å². The molecule has 6 heteroatoms. The van der Waals surface area contributed by atoms with Gasteiger partial charge in [0.05, 0.1) is 24.0 Å². The largest absolute Gasteiger partial charge is 0.496 e. The van der Waals surface area contributed by atoms with Crippen LogP contribution in [-0.4, -0.2) is 27.0 Å². The normalized spacial score (nSPS) is 23.8. The van der Waals surface area contributed by atoms with E-state index in [1.807, 2.05) is 0 Å². The third-order valence-corrected chi connectivity index (χ3v) is 5.89. The third kappa shape index (κ3) is 2.76. The van der Waals surface area contributed by atoms with E-state index in [2.05, 4.69) is 0 Å². The maximum atomic E-state index is 11.5. The van der Waals surface area contributed by atoms with Gasteiger partial charge in [-0.3, -0.25) is 0 Å². The Bertz CT molecular complexity index is 542. The number of methoxy groups -OCH3 is 1. The molecule has 1 saturated heterocycles. The minimum absolute atomic E-state index is 0.106. The summed E-state index contributed by atoms with van der Waals surface area (Å²) in [4.78, 5) is 0. The number of hydrogen-bond acceptors (Lipinski definition) is 3. The van der Waals surface area contributed by atoms with E-state index in [0.29, 0.717) is 22.8 Å². The number of alkyl halides is 1. The summed E-state index contributed by atoms with van der Waals surface area (Å²) >= 11 is 12.5. The van der Waals surface area contributed by atoms with Gasteiger partial charge in [0.15, 0.2) is 9.84 Å². The van der Waals surface area contributed by atoms with Crippen LogP contribution < -0.4 is 4.74 Å². The topological polar surface area (TPSA) is 43.4 Å². The van der Waals surface area contributed by atoms with Crippen molar-refractivity contribution >= 4 is 33.0 Å². The van der Waals surface area contributed by atoms with Gasteiger partial charge in [0, 0.05) is 10.6 Å². The molecule has 0 saturated carbocycles. The molecule has 18 heavy (non-hydrogen) atoms. The second kappa shape index (κ2) is 5.27. The van der Waals surface area contributed by atoms with Gasteiger partial charge in [0.1, 0.15) is 5.75 Å². The predicted molar refractivity (Wildman–Crippen MR) is 73.4 cm³/mol. The summed E-state index contributed by atoms with van der Waals surface area (Å²) in [6.45, 7) is 0. The number of halogens is 2. The van der Waals surface area contributed by atoms with Crippen molar-refractivity contribution in [3.8, 4) is 5.75 Å². The van der Waals surface area contributed by atoms with E-state index in [-0.39, 0.29) is 17.4 Å². The zero-order valence-electron chi connectivity index (χ0n) is 9.90. The highest BCUT2D eigenvalue weighted by Crippen LogP contribution is 2.43. The number of benzene rings is 1. The van der Waals surface area contributed by atoms with Crippen molar-refractivity contribution in [1.29, 1.82) is 0 Å². The highest BCUT2D eigenvalue weighted by molar-refractivity contribution is 7.91. The van der Waals surface area contributed by atoms with Gasteiger partial charge in [0.2, 0.25) is 0 Å². The standard InChI is InChI=1S/C12H14Cl2O3S/c1-17-10-4-2-3-9(13)11(10)12(14)8-5-6-18(15,16)7-8/h2-4,8,12H,5-7H2,1H3. The van der Waals surface area contributed by atoms with Crippen LogP contribution in [0.1, 0.15) is 17.4 Å². The van der Waals surface area contributed by atoms with Gasteiger partial charge in [-0.1, -0.05) is 17.7 Å². The molecule has 0 amide bonds. The first-order valence-corrected chi connectivity index (χ1v) is 8.25. The lowest BCUT2D eigenvalue weighted by Gasteiger charge is -2.19. The van der Waals surface area contributed by atoms with Crippen LogP contribution in [0.15, 0.2) is 18.2 Å². The van der Waals surface area contributed by atoms with Crippen LogP contribution in [0.5, 0.6) is 5.75 Å². The van der Waals surface area contributed by atoms with E-state index in [9.17, 15) is 8.42 Å². The fourth-order valence-electron chi connectivity index (χ4n) is 2.25. The van der Waals surface area contributed by atoms with Gasteiger partial charge in [-0.15, -0.1) is 11.6 Å². The molecule has 0 radical (unpaired) electrons. The molecule has 1 heterocycles. The Hall–Kier alpha value is -0.450. The van der Waals surface area contributed by atoms with Crippen LogP contribution in [-0.2, 0) is 9.84 Å². The zero-order chi connectivity index (χ0) is 13.3. The van der Waals surface area contributed by atoms with E-state index in [1.54, 1.807) is 25.3 Å². The smallest absolute Gasteiger partial charge is 0.150 e. The van der Waals surface area contributed by atoms with Crippen LogP contribution in [0, 0.1) is 5.92 Å². The summed E-state index contributed by atoms with van der Waals surface area (Å²) in [6.07, 6.45) is 0.574. The third-order valence-electron chi connectivity index (χ3n) is 3.19. The molecular weight excluding hydrogens is 295 g/mol. The van der Waals surface area contributed by atoms with Crippen molar-refractivity contribution in [3.05, 3.63) is 28.8 Å². The first kappa shape index (κ1) is 14.0. The maximum Gasteiger partial charge on any atom is 0.150 e. The molecule has 0 N–H and O–H groups in total. The molecule has 1 aromatic rings. The Morgan fingerprint density at radius 3 is 2.72 bits per heavy atom. The van der Waals surface area contributed by atoms with E-state index in [1.165, 1.54) is 0 Å². The highest BCUT2D eigenvalue weighted by Gasteiger charge is 2.35. The van der Waals surface area contributed by atoms with Crippen LogP contribution >= 0.6 is 23.2 Å². The fourth-order valence-corrected chi connectivity index (χ4v) is 4.98. The second-order valence-corrected chi connectivity index (χ2v) is 7.53. The van der Waals surface area contributed by atoms with Gasteiger partial charge in [-0.2, -0.15) is 0 Å². The lowest BCUT2D eigenvalue weighted by molar-refractivity contribution is 0.404. The maximum absolute atomic E-state index is 11.5. The number of hydrogen-bond donors (Lipinski definition) is 0. The summed E-state index contributed by atoms with van der Waals surface area (Å²) in [5.41, 5.74) is 0.686. The summed E-state index contributed by atoms with van der Waals surface area (Å²) < 4.78 is 28.2. The van der Waals surface area contributed by atoms with Crippen molar-refractivity contribution in [3.63, 3.8) is 0 Å². The van der Waals surface area contributed by atoms with Gasteiger partial charge < -0.3 is 4.74 Å². The zero-order valence-corrected chi connectivity index (χ0v) is 12.2. The minimum Gasteiger partial charge on any atom is -0.496 e. The molecule has 0 aliphatic carbocycles. The molecule has 3 nitrogen and oxygen atoms in total. The summed E-state index contributed by atoms with van der Waals surface area (Å²) in [6, 6.07) is 5.29. The van der Waals surface area contributed by atoms with Gasteiger partial charge in [0.25, 0.3) is 0 Å². The Labute approximate surface area is 117 Å². The van der Waals surface area contributed by atoms with Gasteiger partial charge in [-0.05, 0) is 24.5 Å². The van der Waals surface area contributed by atoms with Crippen molar-refractivity contribution in [2.75, 3.05) is 18.6 Å². The Morgan fingerprint density at radius 1 is 1.44 bits per heavy atom. The number of sulfone groups is 1. The fraction of sp³-hybridized carbons (Fsp3) is 0.500. The monoisotopic (exact) mass is 308 g/mol. The summed E-state index contributed by atoms with van der Waals surface area (Å²) in [7, 11) is -1.40. The average molecular weight is 309 g/mol. The second-order valence-electron chi connectivity index (χ2n) is 4.42. The molecular formula is C12H14Cl2O3S. The molecule has 0 bridgehead atoms. The van der Waals surface area contributed by atoms with Crippen molar-refractivity contribution < 1.29 is 13.2 Å². The molecule has 100 valence electrons. The molecule has 1 aromatic carbocycles. The quantitative estimate of drug-likeness (QED) is 0.806. The van der Waals surface area contributed by atoms with Crippen LogP contribution in [0.25, 0.3) is 0 Å². The predicted octanol–water partition coefficient (Wildman–Crippen LogP) is 3.06. The van der Waals surface area contributed by atoms with Gasteiger partial charge >= 0.3 is 0 Å². The average Bonchev–Trinajstić information content (AvgIpc) is 2.68. The molecule has 2 rings (SSSR count). The van der Waals surface area contributed by atoms with Crippen LogP contribution in [0.3, 0.4) is 0 Å². The highest BCUT2D eigenvalue weighted by atomic mass is 35.5. The first-order chi connectivity index (χ1) is 8.44. The molecule has 1 aliphatic heterocycles. The van der Waals surface area contributed by atoms with E-state index in [4.69, 9.17) is 27.9 Å². The van der Waals surface area contributed by atoms with Crippen molar-refractivity contribution in [2.24, 2.45) is 5.92 Å². The molecule has 1 aliphatic rings. The molecule has 0 spiro atoms. The Balaban J connectivity index is 2.32. The number of ether oxygens (including phenoxy) is 1. The van der Waals surface area contributed by atoms with Crippen molar-refractivity contribution in [1.82, 2.24) is 0 Å². The van der Waals surface area contributed by atoms with E-state index < -0.39 is 15.2 Å². The minimum atomic E-state index is -2.95. The summed E-state index contributed by atoms with van der Waals surface area (Å²) in [5.74, 6) is 0.820. The lowest BCUT2D eigenvalue weighted by atomic mass is 9.97.